The van der Waals surface area contributed by atoms with Gasteiger partial charge in [-0.05, 0) is 17.7 Å². The molecule has 0 aliphatic carbocycles. The number of benzene rings is 2. The number of hydrogen-bond acceptors (Lipinski definition) is 5. The molecule has 31 heavy (non-hydrogen) atoms. The Balaban J connectivity index is 1.39. The summed E-state index contributed by atoms with van der Waals surface area (Å²) >= 11 is 1.42. The monoisotopic (exact) mass is 432 g/mol. The summed E-state index contributed by atoms with van der Waals surface area (Å²) in [6.07, 6.45) is 3.80. The van der Waals surface area contributed by atoms with E-state index in [4.69, 9.17) is 0 Å². The number of carbonyl (C=O) groups excluding carboxylic acids is 2. The fourth-order valence-corrected chi connectivity index (χ4v) is 4.07. The van der Waals surface area contributed by atoms with Gasteiger partial charge in [0.15, 0.2) is 4.96 Å². The molecule has 0 spiro atoms. The molecular weight excluding hydrogens is 412 g/mol. The van der Waals surface area contributed by atoms with Crippen molar-refractivity contribution in [2.75, 3.05) is 11.9 Å². The van der Waals surface area contributed by atoms with Crippen LogP contribution < -0.4 is 16.2 Å². The Morgan fingerprint density at radius 2 is 1.71 bits per heavy atom. The molecule has 0 fully saturated rings. The van der Waals surface area contributed by atoms with Gasteiger partial charge >= 0.3 is 0 Å². The molecule has 0 radical (unpaired) electrons. The Bertz CT molecular complexity index is 1270. The van der Waals surface area contributed by atoms with Gasteiger partial charge in [0.2, 0.25) is 5.91 Å². The van der Waals surface area contributed by atoms with Gasteiger partial charge in [-0.25, -0.2) is 4.98 Å². The van der Waals surface area contributed by atoms with E-state index in [1.54, 1.807) is 18.3 Å². The van der Waals surface area contributed by atoms with Gasteiger partial charge in [-0.2, -0.15) is 0 Å². The number of para-hydroxylation sites is 1. The van der Waals surface area contributed by atoms with Crippen molar-refractivity contribution in [1.29, 1.82) is 0 Å². The molecule has 0 bridgehead atoms. The summed E-state index contributed by atoms with van der Waals surface area (Å²) in [5, 5.41) is 5.36. The maximum absolute atomic E-state index is 12.8. The molecule has 0 aliphatic rings. The van der Waals surface area contributed by atoms with Crippen LogP contribution in [0.1, 0.15) is 27.2 Å². The molecule has 0 saturated carbocycles. The highest BCUT2D eigenvalue weighted by Crippen LogP contribution is 2.18. The van der Waals surface area contributed by atoms with Crippen LogP contribution in [0.25, 0.3) is 4.96 Å². The van der Waals surface area contributed by atoms with E-state index in [9.17, 15) is 14.4 Å². The van der Waals surface area contributed by atoms with Crippen LogP contribution in [0, 0.1) is 0 Å². The smallest absolute Gasteiger partial charge is 0.271 e. The van der Waals surface area contributed by atoms with Gasteiger partial charge in [-0.3, -0.25) is 18.8 Å². The molecule has 7 nitrogen and oxygen atoms in total. The van der Waals surface area contributed by atoms with E-state index in [0.717, 1.165) is 10.4 Å². The molecule has 8 heteroatoms. The lowest BCUT2D eigenvalue weighted by Gasteiger charge is -2.06. The largest absolute Gasteiger partial charge is 0.351 e. The first-order valence-electron chi connectivity index (χ1n) is 9.77. The minimum Gasteiger partial charge on any atom is -0.351 e. The highest BCUT2D eigenvalue weighted by Gasteiger charge is 2.15. The third-order valence-electron chi connectivity index (χ3n) is 4.62. The van der Waals surface area contributed by atoms with Crippen LogP contribution >= 0.6 is 11.3 Å². The van der Waals surface area contributed by atoms with Crippen LogP contribution in [-0.4, -0.2) is 27.7 Å². The highest BCUT2D eigenvalue weighted by atomic mass is 32.1. The second-order valence-corrected chi connectivity index (χ2v) is 8.00. The van der Waals surface area contributed by atoms with Crippen molar-refractivity contribution in [2.24, 2.45) is 0 Å². The van der Waals surface area contributed by atoms with Crippen LogP contribution in [0.4, 0.5) is 5.69 Å². The summed E-state index contributed by atoms with van der Waals surface area (Å²) in [4.78, 5) is 43.0. The molecule has 0 unspecified atom stereocenters. The van der Waals surface area contributed by atoms with Crippen LogP contribution in [0.3, 0.4) is 0 Å². The number of thiazole rings is 1. The molecule has 2 heterocycles. The summed E-state index contributed by atoms with van der Waals surface area (Å²) in [5.41, 5.74) is 1.35. The fourth-order valence-electron chi connectivity index (χ4n) is 3.10. The number of fused-ring (bicyclic) bond motifs is 1. The van der Waals surface area contributed by atoms with E-state index in [0.29, 0.717) is 17.1 Å². The zero-order valence-corrected chi connectivity index (χ0v) is 17.4. The van der Waals surface area contributed by atoms with E-state index >= 15 is 0 Å². The Morgan fingerprint density at radius 3 is 2.45 bits per heavy atom. The zero-order valence-electron chi connectivity index (χ0n) is 16.6. The normalized spacial score (nSPS) is 10.7. The average molecular weight is 433 g/mol. The Morgan fingerprint density at radius 1 is 1.00 bits per heavy atom. The van der Waals surface area contributed by atoms with Gasteiger partial charge in [-0.15, -0.1) is 11.3 Å². The van der Waals surface area contributed by atoms with Crippen molar-refractivity contribution in [2.45, 2.75) is 12.8 Å². The molecule has 0 saturated heterocycles. The summed E-state index contributed by atoms with van der Waals surface area (Å²) < 4.78 is 1.40. The van der Waals surface area contributed by atoms with Crippen molar-refractivity contribution in [1.82, 2.24) is 14.7 Å². The molecule has 2 N–H and O–H groups in total. The van der Waals surface area contributed by atoms with Crippen molar-refractivity contribution >= 4 is 33.8 Å². The maximum Gasteiger partial charge on any atom is 0.271 e. The van der Waals surface area contributed by atoms with Crippen LogP contribution in [0.5, 0.6) is 0 Å². The van der Waals surface area contributed by atoms with Gasteiger partial charge in [0.1, 0.15) is 5.56 Å². The number of amides is 2. The lowest BCUT2D eigenvalue weighted by Crippen LogP contribution is -2.33. The Kier molecular flexibility index (Phi) is 6.18. The number of anilines is 1. The van der Waals surface area contributed by atoms with Gasteiger partial charge in [0, 0.05) is 42.3 Å². The predicted octanol–water partition coefficient (Wildman–Crippen LogP) is 3.11. The zero-order chi connectivity index (χ0) is 21.6. The SMILES string of the molecule is O=C(CCNC(=O)c1cnc2sc(Cc3ccccc3)cn2c1=O)Nc1ccccc1. The molecule has 2 aromatic carbocycles. The summed E-state index contributed by atoms with van der Waals surface area (Å²) in [7, 11) is 0. The standard InChI is InChI=1S/C23H20N4O3S/c28-20(26-17-9-5-2-6-10-17)11-12-24-21(29)19-14-25-23-27(22(19)30)15-18(31-23)13-16-7-3-1-4-8-16/h1-10,14-15H,11-13H2,(H,24,29)(H,26,28). The molecule has 0 aliphatic heterocycles. The molecule has 4 rings (SSSR count). The molecule has 0 atom stereocenters. The van der Waals surface area contributed by atoms with Crippen LogP contribution in [0.15, 0.2) is 77.9 Å². The van der Waals surface area contributed by atoms with Crippen molar-refractivity contribution in [3.63, 3.8) is 0 Å². The van der Waals surface area contributed by atoms with Crippen molar-refractivity contribution in [3.8, 4) is 0 Å². The number of aromatic nitrogens is 2. The molecule has 2 aromatic heterocycles. The number of nitrogens with zero attached hydrogens (tertiary/aromatic N) is 2. The van der Waals surface area contributed by atoms with E-state index in [1.165, 1.54) is 21.9 Å². The summed E-state index contributed by atoms with van der Waals surface area (Å²) in [6, 6.07) is 19.0. The van der Waals surface area contributed by atoms with Gasteiger partial charge < -0.3 is 10.6 Å². The van der Waals surface area contributed by atoms with Crippen LogP contribution in [0.2, 0.25) is 0 Å². The quantitative estimate of drug-likeness (QED) is 0.469. The topological polar surface area (TPSA) is 92.6 Å². The highest BCUT2D eigenvalue weighted by molar-refractivity contribution is 7.17. The molecular formula is C23H20N4O3S. The second-order valence-electron chi connectivity index (χ2n) is 6.91. The molecule has 4 aromatic rings. The Hall–Kier alpha value is -3.78. The Labute approximate surface area is 182 Å². The molecule has 156 valence electrons. The predicted molar refractivity (Wildman–Crippen MR) is 121 cm³/mol. The number of hydrogen-bond donors (Lipinski definition) is 2. The number of rotatable bonds is 7. The van der Waals surface area contributed by atoms with E-state index in [-0.39, 0.29) is 24.4 Å². The van der Waals surface area contributed by atoms with E-state index < -0.39 is 11.5 Å². The lowest BCUT2D eigenvalue weighted by molar-refractivity contribution is -0.116. The number of nitrogens with one attached hydrogen (secondary N) is 2. The number of carbonyl (C=O) groups is 2. The maximum atomic E-state index is 12.8. The minimum absolute atomic E-state index is 0.0509. The average Bonchev–Trinajstić information content (AvgIpc) is 3.19. The first kappa shape index (κ1) is 20.5. The van der Waals surface area contributed by atoms with Gasteiger partial charge in [-0.1, -0.05) is 48.5 Å². The first-order valence-corrected chi connectivity index (χ1v) is 10.6. The van der Waals surface area contributed by atoms with Gasteiger partial charge in [0.05, 0.1) is 0 Å². The second kappa shape index (κ2) is 9.36. The third-order valence-corrected chi connectivity index (χ3v) is 5.61. The van der Waals surface area contributed by atoms with Gasteiger partial charge in [0.25, 0.3) is 11.5 Å². The van der Waals surface area contributed by atoms with E-state index in [1.807, 2.05) is 48.5 Å². The van der Waals surface area contributed by atoms with Crippen LogP contribution in [-0.2, 0) is 11.2 Å². The minimum atomic E-state index is -0.546. The summed E-state index contributed by atoms with van der Waals surface area (Å²) in [6.45, 7) is 0.114. The first-order chi connectivity index (χ1) is 15.1. The third kappa shape index (κ3) is 5.04. The lowest BCUT2D eigenvalue weighted by atomic mass is 10.1. The van der Waals surface area contributed by atoms with Crippen molar-refractivity contribution < 1.29 is 9.59 Å². The van der Waals surface area contributed by atoms with E-state index in [2.05, 4.69) is 15.6 Å². The fraction of sp³-hybridized carbons (Fsp3) is 0.130. The molecule has 2 amide bonds. The summed E-state index contributed by atoms with van der Waals surface area (Å²) in [5.74, 6) is -0.768. The van der Waals surface area contributed by atoms with Crippen molar-refractivity contribution in [3.05, 3.63) is 99.4 Å².